The number of para-hydroxylation sites is 2. The second kappa shape index (κ2) is 5.11. The van der Waals surface area contributed by atoms with Gasteiger partial charge >= 0.3 is 0 Å². The van der Waals surface area contributed by atoms with Crippen molar-refractivity contribution in [2.45, 2.75) is 0 Å². The van der Waals surface area contributed by atoms with Gasteiger partial charge in [-0.3, -0.25) is 4.79 Å². The van der Waals surface area contributed by atoms with Crippen molar-refractivity contribution in [1.29, 1.82) is 0 Å². The maximum Gasteiger partial charge on any atom is 0.239 e. The van der Waals surface area contributed by atoms with Crippen molar-refractivity contribution in [3.05, 3.63) is 24.3 Å². The molecule has 0 spiro atoms. The average molecular weight is 194 g/mol. The van der Waals surface area contributed by atoms with E-state index in [9.17, 15) is 4.79 Å². The lowest BCUT2D eigenvalue weighted by Crippen LogP contribution is -2.26. The number of nitrogens with one attached hydrogen (secondary N) is 2. The third kappa shape index (κ3) is 2.65. The van der Waals surface area contributed by atoms with Crippen molar-refractivity contribution in [2.24, 2.45) is 0 Å². The summed E-state index contributed by atoms with van der Waals surface area (Å²) in [6, 6.07) is 7.46. The lowest BCUT2D eigenvalue weighted by Gasteiger charge is -2.09. The van der Waals surface area contributed by atoms with Crippen LogP contribution in [0.25, 0.3) is 0 Å². The van der Waals surface area contributed by atoms with E-state index in [4.69, 9.17) is 4.74 Å². The number of ether oxygens (including phenoxy) is 1. The number of likely N-dealkylation sites (N-methyl/N-ethyl adjacent to an activating group) is 1. The Hall–Kier alpha value is -1.71. The molecule has 0 atom stereocenters. The summed E-state index contributed by atoms with van der Waals surface area (Å²) in [7, 11) is 3.20. The van der Waals surface area contributed by atoms with E-state index in [-0.39, 0.29) is 12.5 Å². The van der Waals surface area contributed by atoms with Gasteiger partial charge in [0, 0.05) is 7.05 Å². The first-order valence-electron chi connectivity index (χ1n) is 4.35. The highest BCUT2D eigenvalue weighted by atomic mass is 16.5. The zero-order chi connectivity index (χ0) is 10.4. The topological polar surface area (TPSA) is 50.4 Å². The minimum atomic E-state index is -0.0593. The zero-order valence-electron chi connectivity index (χ0n) is 8.33. The number of hydrogen-bond donors (Lipinski definition) is 2. The molecule has 0 heterocycles. The van der Waals surface area contributed by atoms with Crippen LogP contribution >= 0.6 is 0 Å². The Morgan fingerprint density at radius 1 is 1.43 bits per heavy atom. The molecule has 2 N–H and O–H groups in total. The average Bonchev–Trinajstić information content (AvgIpc) is 2.26. The predicted octanol–water partition coefficient (Wildman–Crippen LogP) is 0.853. The van der Waals surface area contributed by atoms with E-state index in [1.165, 1.54) is 0 Å². The van der Waals surface area contributed by atoms with Crippen molar-refractivity contribution >= 4 is 11.6 Å². The van der Waals surface area contributed by atoms with E-state index in [0.29, 0.717) is 0 Å². The number of benzene rings is 1. The monoisotopic (exact) mass is 194 g/mol. The van der Waals surface area contributed by atoms with Crippen LogP contribution in [0.15, 0.2) is 24.3 Å². The molecule has 76 valence electrons. The number of methoxy groups -OCH3 is 1. The smallest absolute Gasteiger partial charge is 0.239 e. The quantitative estimate of drug-likeness (QED) is 0.747. The molecule has 1 aromatic carbocycles. The van der Waals surface area contributed by atoms with Crippen molar-refractivity contribution in [3.8, 4) is 5.75 Å². The lowest BCUT2D eigenvalue weighted by atomic mass is 10.3. The highest BCUT2D eigenvalue weighted by molar-refractivity contribution is 5.80. The summed E-state index contributed by atoms with van der Waals surface area (Å²) >= 11 is 0. The maximum absolute atomic E-state index is 11.0. The van der Waals surface area contributed by atoms with Gasteiger partial charge < -0.3 is 15.4 Å². The van der Waals surface area contributed by atoms with E-state index in [0.717, 1.165) is 11.4 Å². The molecule has 0 aliphatic heterocycles. The third-order valence-corrected chi connectivity index (χ3v) is 1.83. The van der Waals surface area contributed by atoms with Gasteiger partial charge in [0.15, 0.2) is 0 Å². The van der Waals surface area contributed by atoms with Gasteiger partial charge in [-0.25, -0.2) is 0 Å². The molecule has 0 radical (unpaired) electrons. The molecular weight excluding hydrogens is 180 g/mol. The fraction of sp³-hybridized carbons (Fsp3) is 0.300. The molecule has 0 saturated carbocycles. The van der Waals surface area contributed by atoms with Gasteiger partial charge in [0.25, 0.3) is 0 Å². The number of hydrogen-bond acceptors (Lipinski definition) is 3. The normalized spacial score (nSPS) is 9.29. The SMILES string of the molecule is CNC(=O)CNc1ccccc1OC. The first-order valence-corrected chi connectivity index (χ1v) is 4.35. The van der Waals surface area contributed by atoms with Gasteiger partial charge in [-0.05, 0) is 12.1 Å². The first kappa shape index (κ1) is 10.4. The van der Waals surface area contributed by atoms with Crippen LogP contribution in [0.2, 0.25) is 0 Å². The molecule has 1 rings (SSSR count). The molecular formula is C10H14N2O2. The Balaban J connectivity index is 2.61. The number of anilines is 1. The molecule has 0 saturated heterocycles. The maximum atomic E-state index is 11.0. The van der Waals surface area contributed by atoms with Crippen LogP contribution in [0.3, 0.4) is 0 Å². The Morgan fingerprint density at radius 3 is 2.79 bits per heavy atom. The molecule has 4 heteroatoms. The van der Waals surface area contributed by atoms with Crippen LogP contribution in [0.4, 0.5) is 5.69 Å². The van der Waals surface area contributed by atoms with E-state index < -0.39 is 0 Å². The zero-order valence-corrected chi connectivity index (χ0v) is 8.33. The molecule has 14 heavy (non-hydrogen) atoms. The summed E-state index contributed by atoms with van der Waals surface area (Å²) in [5.74, 6) is 0.673. The van der Waals surface area contributed by atoms with Crippen LogP contribution in [0.5, 0.6) is 5.75 Å². The van der Waals surface area contributed by atoms with Crippen LogP contribution in [-0.2, 0) is 4.79 Å². The summed E-state index contributed by atoms with van der Waals surface area (Å²) in [6.07, 6.45) is 0. The standard InChI is InChI=1S/C10H14N2O2/c1-11-10(13)7-12-8-5-3-4-6-9(8)14-2/h3-6,12H,7H2,1-2H3,(H,11,13). The molecule has 1 amide bonds. The number of rotatable bonds is 4. The van der Waals surface area contributed by atoms with Gasteiger partial charge in [-0.1, -0.05) is 12.1 Å². The molecule has 0 unspecified atom stereocenters. The third-order valence-electron chi connectivity index (χ3n) is 1.83. The van der Waals surface area contributed by atoms with E-state index in [1.54, 1.807) is 14.2 Å². The van der Waals surface area contributed by atoms with Gasteiger partial charge in [-0.15, -0.1) is 0 Å². The molecule has 0 aliphatic rings. The van der Waals surface area contributed by atoms with Crippen molar-refractivity contribution in [3.63, 3.8) is 0 Å². The summed E-state index contributed by atoms with van der Waals surface area (Å²) in [5.41, 5.74) is 0.818. The Labute approximate surface area is 83.3 Å². The van der Waals surface area contributed by atoms with Crippen LogP contribution < -0.4 is 15.4 Å². The van der Waals surface area contributed by atoms with Gasteiger partial charge in [0.1, 0.15) is 5.75 Å². The largest absolute Gasteiger partial charge is 0.495 e. The molecule has 1 aromatic rings. The van der Waals surface area contributed by atoms with Crippen molar-refractivity contribution in [1.82, 2.24) is 5.32 Å². The van der Waals surface area contributed by atoms with Gasteiger partial charge in [0.05, 0.1) is 19.3 Å². The van der Waals surface area contributed by atoms with Crippen molar-refractivity contribution < 1.29 is 9.53 Å². The first-order chi connectivity index (χ1) is 6.77. The Kier molecular flexibility index (Phi) is 3.79. The summed E-state index contributed by atoms with van der Waals surface area (Å²) in [5, 5.41) is 5.51. The Bertz CT molecular complexity index is 313. The Morgan fingerprint density at radius 2 is 2.14 bits per heavy atom. The summed E-state index contributed by atoms with van der Waals surface area (Å²) in [6.45, 7) is 0.247. The van der Waals surface area contributed by atoms with E-state index in [1.807, 2.05) is 24.3 Å². The fourth-order valence-electron chi connectivity index (χ4n) is 1.05. The highest BCUT2D eigenvalue weighted by Gasteiger charge is 2.02. The molecule has 4 nitrogen and oxygen atoms in total. The summed E-state index contributed by atoms with van der Waals surface area (Å²) < 4.78 is 5.12. The van der Waals surface area contributed by atoms with Gasteiger partial charge in [0.2, 0.25) is 5.91 Å². The van der Waals surface area contributed by atoms with Crippen LogP contribution in [-0.4, -0.2) is 26.6 Å². The van der Waals surface area contributed by atoms with E-state index in [2.05, 4.69) is 10.6 Å². The van der Waals surface area contributed by atoms with Gasteiger partial charge in [-0.2, -0.15) is 0 Å². The van der Waals surface area contributed by atoms with E-state index >= 15 is 0 Å². The van der Waals surface area contributed by atoms with Crippen LogP contribution in [0, 0.1) is 0 Å². The molecule has 0 fully saturated rings. The number of amides is 1. The minimum absolute atomic E-state index is 0.0593. The number of carbonyl (C=O) groups excluding carboxylic acids is 1. The predicted molar refractivity (Wildman–Crippen MR) is 55.6 cm³/mol. The number of carbonyl (C=O) groups is 1. The molecule has 0 aromatic heterocycles. The van der Waals surface area contributed by atoms with Crippen LogP contribution in [0.1, 0.15) is 0 Å². The minimum Gasteiger partial charge on any atom is -0.495 e. The summed E-state index contributed by atoms with van der Waals surface area (Å²) in [4.78, 5) is 11.0. The fourth-order valence-corrected chi connectivity index (χ4v) is 1.05. The second-order valence-corrected chi connectivity index (χ2v) is 2.73. The molecule has 0 bridgehead atoms. The highest BCUT2D eigenvalue weighted by Crippen LogP contribution is 2.22. The molecule has 0 aliphatic carbocycles. The lowest BCUT2D eigenvalue weighted by molar-refractivity contribution is -0.118. The van der Waals surface area contributed by atoms with Crippen molar-refractivity contribution in [2.75, 3.05) is 26.0 Å². The second-order valence-electron chi connectivity index (χ2n) is 2.73.